The van der Waals surface area contributed by atoms with Crippen LogP contribution in [0.1, 0.15) is 29.5 Å². The topological polar surface area (TPSA) is 12.0 Å². The van der Waals surface area contributed by atoms with Gasteiger partial charge in [0.1, 0.15) is 0 Å². The van der Waals surface area contributed by atoms with Crippen LogP contribution in [0.2, 0.25) is 0 Å². The van der Waals surface area contributed by atoms with E-state index in [1.807, 2.05) is 0 Å². The Labute approximate surface area is 128 Å². The fourth-order valence-electron chi connectivity index (χ4n) is 3.97. The molecule has 0 aromatic heterocycles. The fourth-order valence-corrected chi connectivity index (χ4v) is 4.33. The summed E-state index contributed by atoms with van der Waals surface area (Å²) >= 11 is 3.66. The highest BCUT2D eigenvalue weighted by atomic mass is 79.9. The largest absolute Gasteiger partial charge is 0.317 e. The van der Waals surface area contributed by atoms with Crippen LogP contribution in [-0.2, 0) is 5.41 Å². The molecule has 20 heavy (non-hydrogen) atoms. The van der Waals surface area contributed by atoms with Crippen LogP contribution in [0.3, 0.4) is 0 Å². The van der Waals surface area contributed by atoms with Gasteiger partial charge in [-0.25, -0.2) is 0 Å². The molecule has 0 unspecified atom stereocenters. The zero-order valence-electron chi connectivity index (χ0n) is 11.7. The molecule has 1 saturated heterocycles. The summed E-state index contributed by atoms with van der Waals surface area (Å²) in [7, 11) is 0. The van der Waals surface area contributed by atoms with E-state index in [-0.39, 0.29) is 5.41 Å². The Morgan fingerprint density at radius 3 is 2.35 bits per heavy atom. The van der Waals surface area contributed by atoms with Gasteiger partial charge in [-0.3, -0.25) is 0 Å². The van der Waals surface area contributed by atoms with Crippen molar-refractivity contribution in [2.24, 2.45) is 0 Å². The lowest BCUT2D eigenvalue weighted by Gasteiger charge is -2.36. The number of benzene rings is 2. The lowest BCUT2D eigenvalue weighted by atomic mass is 9.71. The smallest absolute Gasteiger partial charge is 0.0239 e. The maximum absolute atomic E-state index is 3.66. The maximum atomic E-state index is 3.66. The summed E-state index contributed by atoms with van der Waals surface area (Å²) in [6, 6.07) is 13.8. The molecule has 1 aliphatic carbocycles. The zero-order chi connectivity index (χ0) is 13.7. The molecule has 2 aromatic carbocycles. The average Bonchev–Trinajstić information content (AvgIpc) is 2.70. The van der Waals surface area contributed by atoms with Gasteiger partial charge in [-0.05, 0) is 67.2 Å². The summed E-state index contributed by atoms with van der Waals surface area (Å²) in [6.07, 6.45) is 2.40. The summed E-state index contributed by atoms with van der Waals surface area (Å²) in [6.45, 7) is 4.42. The zero-order valence-corrected chi connectivity index (χ0v) is 13.3. The number of hydrogen-bond acceptors (Lipinski definition) is 1. The van der Waals surface area contributed by atoms with Gasteiger partial charge < -0.3 is 5.32 Å². The third-order valence-electron chi connectivity index (χ3n) is 4.94. The molecular formula is C18H18BrN. The molecular weight excluding hydrogens is 310 g/mol. The number of halogens is 1. The molecule has 1 nitrogen and oxygen atoms in total. The molecule has 0 saturated carbocycles. The number of aryl methyl sites for hydroxylation is 1. The van der Waals surface area contributed by atoms with Crippen molar-refractivity contribution in [3.63, 3.8) is 0 Å². The van der Waals surface area contributed by atoms with E-state index in [4.69, 9.17) is 0 Å². The van der Waals surface area contributed by atoms with Crippen molar-refractivity contribution in [1.82, 2.24) is 5.32 Å². The highest BCUT2D eigenvalue weighted by molar-refractivity contribution is 9.10. The van der Waals surface area contributed by atoms with Crippen LogP contribution in [0.5, 0.6) is 0 Å². The first-order chi connectivity index (χ1) is 9.71. The summed E-state index contributed by atoms with van der Waals surface area (Å²) in [5.74, 6) is 0. The number of hydrogen-bond donors (Lipinski definition) is 1. The van der Waals surface area contributed by atoms with Crippen molar-refractivity contribution in [2.45, 2.75) is 25.2 Å². The molecule has 4 rings (SSSR count). The van der Waals surface area contributed by atoms with Gasteiger partial charge >= 0.3 is 0 Å². The van der Waals surface area contributed by atoms with Crippen LogP contribution in [0.4, 0.5) is 0 Å². The normalized spacial score (nSPS) is 18.9. The van der Waals surface area contributed by atoms with Gasteiger partial charge in [0.2, 0.25) is 0 Å². The molecule has 1 N–H and O–H groups in total. The Kier molecular flexibility index (Phi) is 2.80. The highest BCUT2D eigenvalue weighted by Gasteiger charge is 2.43. The Morgan fingerprint density at radius 2 is 1.60 bits per heavy atom. The molecule has 102 valence electrons. The van der Waals surface area contributed by atoms with E-state index >= 15 is 0 Å². The standard InChI is InChI=1S/C18H18BrN/c1-12-2-4-14-15-5-3-13(19)11-17(15)18(16(14)10-12)6-8-20-9-7-18/h2-5,10-11,20H,6-9H2,1H3. The third kappa shape index (κ3) is 1.64. The molecule has 0 atom stereocenters. The Morgan fingerprint density at radius 1 is 0.950 bits per heavy atom. The van der Waals surface area contributed by atoms with Gasteiger partial charge in [0.05, 0.1) is 0 Å². The van der Waals surface area contributed by atoms with Gasteiger partial charge in [-0.1, -0.05) is 45.8 Å². The van der Waals surface area contributed by atoms with Crippen molar-refractivity contribution in [1.29, 1.82) is 0 Å². The summed E-state index contributed by atoms with van der Waals surface area (Å²) in [4.78, 5) is 0. The SMILES string of the molecule is Cc1ccc2c(c1)C1(CCNCC1)c1cc(Br)ccc1-2. The fraction of sp³-hybridized carbons (Fsp3) is 0.333. The first-order valence-electron chi connectivity index (χ1n) is 7.33. The van der Waals surface area contributed by atoms with Crippen molar-refractivity contribution in [3.8, 4) is 11.1 Å². The van der Waals surface area contributed by atoms with Crippen LogP contribution in [0.25, 0.3) is 11.1 Å². The molecule has 1 heterocycles. The van der Waals surface area contributed by atoms with Gasteiger partial charge in [-0.15, -0.1) is 0 Å². The minimum Gasteiger partial charge on any atom is -0.317 e. The summed E-state index contributed by atoms with van der Waals surface area (Å²) in [5.41, 5.74) is 7.55. The van der Waals surface area contributed by atoms with Crippen molar-refractivity contribution in [3.05, 3.63) is 57.6 Å². The van der Waals surface area contributed by atoms with Crippen LogP contribution >= 0.6 is 15.9 Å². The van der Waals surface area contributed by atoms with Gasteiger partial charge in [0, 0.05) is 9.89 Å². The first-order valence-corrected chi connectivity index (χ1v) is 8.12. The van der Waals surface area contributed by atoms with E-state index in [1.54, 1.807) is 5.56 Å². The Hall–Kier alpha value is -1.12. The van der Waals surface area contributed by atoms with Crippen LogP contribution in [0, 0.1) is 6.92 Å². The predicted molar refractivity (Wildman–Crippen MR) is 87.2 cm³/mol. The molecule has 2 heteroatoms. The summed E-state index contributed by atoms with van der Waals surface area (Å²) in [5, 5.41) is 3.52. The van der Waals surface area contributed by atoms with Crippen LogP contribution < -0.4 is 5.32 Å². The van der Waals surface area contributed by atoms with E-state index in [9.17, 15) is 0 Å². The second-order valence-corrected chi connectivity index (χ2v) is 6.99. The molecule has 1 aliphatic heterocycles. The van der Waals surface area contributed by atoms with Gasteiger partial charge in [0.25, 0.3) is 0 Å². The van der Waals surface area contributed by atoms with Crippen molar-refractivity contribution >= 4 is 15.9 Å². The number of rotatable bonds is 0. The molecule has 2 aromatic rings. The number of piperidine rings is 1. The van der Waals surface area contributed by atoms with Crippen LogP contribution in [-0.4, -0.2) is 13.1 Å². The van der Waals surface area contributed by atoms with E-state index in [0.29, 0.717) is 0 Å². The molecule has 2 aliphatic rings. The maximum Gasteiger partial charge on any atom is 0.0239 e. The van der Waals surface area contributed by atoms with Crippen molar-refractivity contribution < 1.29 is 0 Å². The number of nitrogens with one attached hydrogen (secondary N) is 1. The van der Waals surface area contributed by atoms with Gasteiger partial charge in [0.15, 0.2) is 0 Å². The van der Waals surface area contributed by atoms with E-state index in [0.717, 1.165) is 13.1 Å². The number of fused-ring (bicyclic) bond motifs is 5. The van der Waals surface area contributed by atoms with Gasteiger partial charge in [-0.2, -0.15) is 0 Å². The Balaban J connectivity index is 2.03. The minimum absolute atomic E-state index is 0.228. The molecule has 0 amide bonds. The van der Waals surface area contributed by atoms with Crippen molar-refractivity contribution in [2.75, 3.05) is 13.1 Å². The van der Waals surface area contributed by atoms with Crippen LogP contribution in [0.15, 0.2) is 40.9 Å². The lowest BCUT2D eigenvalue weighted by molar-refractivity contribution is 0.369. The van der Waals surface area contributed by atoms with E-state index in [2.05, 4.69) is 64.6 Å². The lowest BCUT2D eigenvalue weighted by Crippen LogP contribution is -2.39. The summed E-state index contributed by atoms with van der Waals surface area (Å²) < 4.78 is 1.19. The average molecular weight is 328 g/mol. The molecule has 0 bridgehead atoms. The predicted octanol–water partition coefficient (Wildman–Crippen LogP) is 4.41. The van der Waals surface area contributed by atoms with E-state index in [1.165, 1.54) is 39.6 Å². The monoisotopic (exact) mass is 327 g/mol. The first kappa shape index (κ1) is 12.6. The van der Waals surface area contributed by atoms with E-state index < -0.39 is 0 Å². The third-order valence-corrected chi connectivity index (χ3v) is 5.43. The molecule has 0 radical (unpaired) electrons. The minimum atomic E-state index is 0.228. The second-order valence-electron chi connectivity index (χ2n) is 6.07. The molecule has 1 fully saturated rings. The second kappa shape index (κ2) is 4.44. The Bertz CT molecular complexity index is 630. The quantitative estimate of drug-likeness (QED) is 0.755. The highest BCUT2D eigenvalue weighted by Crippen LogP contribution is 2.53. The molecule has 1 spiro atoms.